The van der Waals surface area contributed by atoms with Crippen LogP contribution < -0.4 is 0 Å². The Morgan fingerprint density at radius 3 is 2.43 bits per heavy atom. The standard InChI is InChI=1S/C11H22O2S/c1-2-3-4-5-6-7-11-8-9-14(12,13)10-11/h11H,2-10H2,1H3. The van der Waals surface area contributed by atoms with Crippen molar-refractivity contribution in [3.05, 3.63) is 0 Å². The second-order valence-electron chi connectivity index (χ2n) is 4.47. The van der Waals surface area contributed by atoms with Gasteiger partial charge in [0.05, 0.1) is 11.5 Å². The van der Waals surface area contributed by atoms with Crippen LogP contribution in [0.25, 0.3) is 0 Å². The second-order valence-corrected chi connectivity index (χ2v) is 6.70. The van der Waals surface area contributed by atoms with Crippen molar-refractivity contribution in [3.63, 3.8) is 0 Å². The topological polar surface area (TPSA) is 34.1 Å². The van der Waals surface area contributed by atoms with Gasteiger partial charge in [-0.3, -0.25) is 0 Å². The fraction of sp³-hybridized carbons (Fsp3) is 1.00. The van der Waals surface area contributed by atoms with E-state index in [4.69, 9.17) is 0 Å². The van der Waals surface area contributed by atoms with Gasteiger partial charge in [-0.1, -0.05) is 39.0 Å². The van der Waals surface area contributed by atoms with Crippen LogP contribution in [-0.2, 0) is 9.84 Å². The predicted molar refractivity (Wildman–Crippen MR) is 60.1 cm³/mol. The molecule has 1 rings (SSSR count). The molecule has 1 aliphatic rings. The highest BCUT2D eigenvalue weighted by molar-refractivity contribution is 7.91. The van der Waals surface area contributed by atoms with Crippen molar-refractivity contribution in [1.82, 2.24) is 0 Å². The molecule has 0 spiro atoms. The molecule has 0 radical (unpaired) electrons. The molecule has 1 heterocycles. The van der Waals surface area contributed by atoms with Gasteiger partial charge in [0.15, 0.2) is 9.84 Å². The first-order valence-corrected chi connectivity index (χ1v) is 7.66. The molecule has 3 heteroatoms. The predicted octanol–water partition coefficient (Wildman–Crippen LogP) is 2.78. The van der Waals surface area contributed by atoms with Crippen LogP contribution in [0.3, 0.4) is 0 Å². The number of sulfone groups is 1. The zero-order valence-corrected chi connectivity index (χ0v) is 9.98. The molecule has 1 fully saturated rings. The van der Waals surface area contributed by atoms with Gasteiger partial charge in [0.2, 0.25) is 0 Å². The van der Waals surface area contributed by atoms with Crippen molar-refractivity contribution < 1.29 is 8.42 Å². The summed E-state index contributed by atoms with van der Waals surface area (Å²) in [4.78, 5) is 0. The van der Waals surface area contributed by atoms with E-state index in [1.165, 1.54) is 32.1 Å². The van der Waals surface area contributed by atoms with E-state index in [9.17, 15) is 8.42 Å². The van der Waals surface area contributed by atoms with Crippen molar-refractivity contribution >= 4 is 9.84 Å². The van der Waals surface area contributed by atoms with Crippen molar-refractivity contribution in [2.45, 2.75) is 51.9 Å². The average molecular weight is 218 g/mol. The van der Waals surface area contributed by atoms with Gasteiger partial charge >= 0.3 is 0 Å². The molecule has 1 atom stereocenters. The first kappa shape index (κ1) is 12.0. The van der Waals surface area contributed by atoms with Crippen molar-refractivity contribution in [2.75, 3.05) is 11.5 Å². The third-order valence-electron chi connectivity index (χ3n) is 3.04. The zero-order chi connectivity index (χ0) is 10.4. The summed E-state index contributed by atoms with van der Waals surface area (Å²) in [6.45, 7) is 2.21. The highest BCUT2D eigenvalue weighted by atomic mass is 32.2. The summed E-state index contributed by atoms with van der Waals surface area (Å²) in [7, 11) is -2.64. The van der Waals surface area contributed by atoms with E-state index < -0.39 is 9.84 Å². The molecule has 14 heavy (non-hydrogen) atoms. The van der Waals surface area contributed by atoms with Gasteiger partial charge in [-0.15, -0.1) is 0 Å². The summed E-state index contributed by atoms with van der Waals surface area (Å²) in [6.07, 6.45) is 8.46. The van der Waals surface area contributed by atoms with Gasteiger partial charge < -0.3 is 0 Å². The van der Waals surface area contributed by atoms with E-state index in [1.54, 1.807) is 0 Å². The van der Waals surface area contributed by atoms with Crippen LogP contribution in [-0.4, -0.2) is 19.9 Å². The molecule has 0 bridgehead atoms. The lowest BCUT2D eigenvalue weighted by atomic mass is 10.0. The van der Waals surface area contributed by atoms with E-state index in [0.717, 1.165) is 12.8 Å². The van der Waals surface area contributed by atoms with Crippen LogP contribution in [0.4, 0.5) is 0 Å². The Morgan fingerprint density at radius 1 is 1.14 bits per heavy atom. The lowest BCUT2D eigenvalue weighted by Gasteiger charge is -2.06. The average Bonchev–Trinajstić information content (AvgIpc) is 2.45. The molecule has 0 amide bonds. The maximum Gasteiger partial charge on any atom is 0.150 e. The van der Waals surface area contributed by atoms with E-state index in [-0.39, 0.29) is 0 Å². The highest BCUT2D eigenvalue weighted by Crippen LogP contribution is 2.23. The quantitative estimate of drug-likeness (QED) is 0.642. The van der Waals surface area contributed by atoms with Crippen molar-refractivity contribution in [1.29, 1.82) is 0 Å². The third kappa shape index (κ3) is 4.45. The number of unbranched alkanes of at least 4 members (excludes halogenated alkanes) is 4. The number of hydrogen-bond donors (Lipinski definition) is 0. The van der Waals surface area contributed by atoms with Crippen LogP contribution in [0.1, 0.15) is 51.9 Å². The molecular weight excluding hydrogens is 196 g/mol. The van der Waals surface area contributed by atoms with E-state index >= 15 is 0 Å². The minimum atomic E-state index is -2.64. The van der Waals surface area contributed by atoms with Crippen LogP contribution in [0.5, 0.6) is 0 Å². The first-order valence-electron chi connectivity index (χ1n) is 5.84. The number of rotatable bonds is 6. The Kier molecular flexibility index (Phi) is 4.93. The Morgan fingerprint density at radius 2 is 1.86 bits per heavy atom. The normalized spacial score (nSPS) is 25.4. The van der Waals surface area contributed by atoms with Gasteiger partial charge in [-0.2, -0.15) is 0 Å². The molecule has 1 saturated heterocycles. The number of hydrogen-bond acceptors (Lipinski definition) is 2. The second kappa shape index (κ2) is 5.74. The Hall–Kier alpha value is -0.0500. The molecule has 0 aromatic heterocycles. The summed E-state index contributed by atoms with van der Waals surface area (Å²) in [5.74, 6) is 1.37. The summed E-state index contributed by atoms with van der Waals surface area (Å²) >= 11 is 0. The first-order chi connectivity index (χ1) is 6.64. The van der Waals surface area contributed by atoms with Crippen LogP contribution in [0, 0.1) is 5.92 Å². The Labute approximate surface area is 88.0 Å². The molecule has 0 N–H and O–H groups in total. The Balaban J connectivity index is 2.03. The minimum Gasteiger partial charge on any atom is -0.229 e. The van der Waals surface area contributed by atoms with Gasteiger partial charge in [-0.25, -0.2) is 8.42 Å². The maximum atomic E-state index is 11.2. The lowest BCUT2D eigenvalue weighted by molar-refractivity contribution is 0.493. The van der Waals surface area contributed by atoms with E-state index in [0.29, 0.717) is 17.4 Å². The molecule has 0 aliphatic carbocycles. The monoisotopic (exact) mass is 218 g/mol. The summed E-state index contributed by atoms with van der Waals surface area (Å²) < 4.78 is 22.4. The van der Waals surface area contributed by atoms with Crippen LogP contribution in [0.2, 0.25) is 0 Å². The lowest BCUT2D eigenvalue weighted by Crippen LogP contribution is -2.04. The molecule has 84 valence electrons. The maximum absolute atomic E-state index is 11.2. The van der Waals surface area contributed by atoms with Crippen molar-refractivity contribution in [3.8, 4) is 0 Å². The van der Waals surface area contributed by atoms with Crippen LogP contribution >= 0.6 is 0 Å². The Bertz CT molecular complexity index is 244. The fourth-order valence-electron chi connectivity index (χ4n) is 2.14. The summed E-state index contributed by atoms with van der Waals surface area (Å²) in [6, 6.07) is 0. The van der Waals surface area contributed by atoms with E-state index in [1.807, 2.05) is 0 Å². The molecule has 0 aromatic rings. The summed E-state index contributed by atoms with van der Waals surface area (Å²) in [5.41, 5.74) is 0. The van der Waals surface area contributed by atoms with Crippen molar-refractivity contribution in [2.24, 2.45) is 5.92 Å². The fourth-order valence-corrected chi connectivity index (χ4v) is 4.05. The molecular formula is C11H22O2S. The summed E-state index contributed by atoms with van der Waals surface area (Å²) in [5, 5.41) is 0. The third-order valence-corrected chi connectivity index (χ3v) is 4.88. The zero-order valence-electron chi connectivity index (χ0n) is 9.17. The molecule has 0 aromatic carbocycles. The van der Waals surface area contributed by atoms with Gasteiger partial charge in [0.25, 0.3) is 0 Å². The van der Waals surface area contributed by atoms with Crippen LogP contribution in [0.15, 0.2) is 0 Å². The SMILES string of the molecule is CCCCCCCC1CCS(=O)(=O)C1. The largest absolute Gasteiger partial charge is 0.229 e. The minimum absolute atomic E-state index is 0.437. The highest BCUT2D eigenvalue weighted by Gasteiger charge is 2.26. The van der Waals surface area contributed by atoms with E-state index in [2.05, 4.69) is 6.92 Å². The molecule has 1 unspecified atom stereocenters. The van der Waals surface area contributed by atoms with Gasteiger partial charge in [0, 0.05) is 0 Å². The van der Waals surface area contributed by atoms with Gasteiger partial charge in [-0.05, 0) is 18.8 Å². The van der Waals surface area contributed by atoms with Gasteiger partial charge in [0.1, 0.15) is 0 Å². The molecule has 1 aliphatic heterocycles. The molecule has 0 saturated carbocycles. The molecule has 2 nitrogen and oxygen atoms in total. The smallest absolute Gasteiger partial charge is 0.150 e.